The minimum Gasteiger partial charge on any atom is -0.370 e. The zero-order valence-electron chi connectivity index (χ0n) is 13.5. The van der Waals surface area contributed by atoms with E-state index in [2.05, 4.69) is 15.3 Å². The minimum absolute atomic E-state index is 0.00876. The molecule has 3 aromatic rings. The third-order valence-corrected chi connectivity index (χ3v) is 4.15. The van der Waals surface area contributed by atoms with E-state index in [0.29, 0.717) is 27.5 Å². The number of aromatic amines is 1. The normalized spacial score (nSPS) is 11.7. The van der Waals surface area contributed by atoms with Gasteiger partial charge in [0.25, 0.3) is 5.91 Å². The van der Waals surface area contributed by atoms with Gasteiger partial charge in [0, 0.05) is 33.7 Å². The van der Waals surface area contributed by atoms with Crippen LogP contribution >= 0.6 is 23.2 Å². The molecule has 0 saturated heterocycles. The number of guanidine groups is 1. The van der Waals surface area contributed by atoms with E-state index in [9.17, 15) is 9.18 Å². The highest BCUT2D eigenvalue weighted by Gasteiger charge is 2.10. The van der Waals surface area contributed by atoms with E-state index in [0.717, 1.165) is 11.1 Å². The molecule has 0 aliphatic carbocycles. The van der Waals surface area contributed by atoms with Gasteiger partial charge < -0.3 is 16.0 Å². The number of nitrogens with zero attached hydrogens (tertiary/aromatic N) is 1. The summed E-state index contributed by atoms with van der Waals surface area (Å²) in [5.74, 6) is -0.822. The Morgan fingerprint density at radius 2 is 1.92 bits per heavy atom. The number of benzene rings is 2. The van der Waals surface area contributed by atoms with E-state index in [-0.39, 0.29) is 18.2 Å². The monoisotopic (exact) mass is 392 g/mol. The third-order valence-electron chi connectivity index (χ3n) is 3.71. The van der Waals surface area contributed by atoms with Crippen molar-refractivity contribution in [2.75, 3.05) is 0 Å². The number of fused-ring (bicyclic) bond motifs is 1. The molecule has 5 nitrogen and oxygen atoms in total. The van der Waals surface area contributed by atoms with E-state index in [1.165, 1.54) is 12.1 Å². The molecule has 26 heavy (non-hydrogen) atoms. The molecular weight excluding hydrogens is 378 g/mol. The fourth-order valence-corrected chi connectivity index (χ4v) is 3.15. The van der Waals surface area contributed by atoms with Crippen molar-refractivity contribution < 1.29 is 9.18 Å². The predicted octanol–water partition coefficient (Wildman–Crippen LogP) is 3.79. The number of nitrogens with one attached hydrogen (secondary N) is 2. The molecule has 0 bridgehead atoms. The number of hydrogen-bond acceptors (Lipinski definition) is 1. The number of rotatable bonds is 4. The molecule has 0 radical (unpaired) electrons. The largest absolute Gasteiger partial charge is 0.370 e. The molecule has 1 amide bonds. The average Bonchev–Trinajstić information content (AvgIpc) is 2.94. The molecule has 134 valence electrons. The summed E-state index contributed by atoms with van der Waals surface area (Å²) in [6.45, 7) is 0.321. The van der Waals surface area contributed by atoms with Crippen LogP contribution in [0.15, 0.2) is 47.6 Å². The van der Waals surface area contributed by atoms with Crippen LogP contribution in [0.3, 0.4) is 0 Å². The Bertz CT molecular complexity index is 980. The fraction of sp³-hybridized carbons (Fsp3) is 0.111. The van der Waals surface area contributed by atoms with Gasteiger partial charge in [0.2, 0.25) is 0 Å². The second kappa shape index (κ2) is 7.76. The molecule has 1 aromatic heterocycles. The van der Waals surface area contributed by atoms with Crippen molar-refractivity contribution in [3.63, 3.8) is 0 Å². The van der Waals surface area contributed by atoms with Crippen molar-refractivity contribution in [1.29, 1.82) is 0 Å². The van der Waals surface area contributed by atoms with Crippen molar-refractivity contribution in [1.82, 2.24) is 10.3 Å². The van der Waals surface area contributed by atoms with Crippen LogP contribution in [0.4, 0.5) is 4.39 Å². The van der Waals surface area contributed by atoms with Crippen molar-refractivity contribution in [2.45, 2.75) is 13.0 Å². The van der Waals surface area contributed by atoms with Crippen molar-refractivity contribution in [2.24, 2.45) is 10.7 Å². The van der Waals surface area contributed by atoms with Crippen molar-refractivity contribution >= 4 is 46.0 Å². The Hall–Kier alpha value is -2.57. The Morgan fingerprint density at radius 1 is 1.19 bits per heavy atom. The van der Waals surface area contributed by atoms with Gasteiger partial charge in [-0.3, -0.25) is 4.79 Å². The highest BCUT2D eigenvalue weighted by molar-refractivity contribution is 6.34. The van der Waals surface area contributed by atoms with E-state index in [1.807, 2.05) is 0 Å². The number of hydrogen-bond donors (Lipinski definition) is 3. The Kier molecular flexibility index (Phi) is 5.44. The SMILES string of the molecule is N/C(=N\C(=O)Cc1c[nH]c2ccc(F)cc12)NCc1cc(Cl)cc(Cl)c1. The van der Waals surface area contributed by atoms with Crippen LogP contribution in [0.5, 0.6) is 0 Å². The topological polar surface area (TPSA) is 83.3 Å². The summed E-state index contributed by atoms with van der Waals surface area (Å²) in [6, 6.07) is 9.44. The van der Waals surface area contributed by atoms with Gasteiger partial charge in [-0.15, -0.1) is 0 Å². The summed E-state index contributed by atoms with van der Waals surface area (Å²) in [6.07, 6.45) is 1.67. The van der Waals surface area contributed by atoms with Gasteiger partial charge in [0.15, 0.2) is 5.96 Å². The first-order valence-corrected chi connectivity index (χ1v) is 8.47. The molecule has 0 fully saturated rings. The van der Waals surface area contributed by atoms with Crippen LogP contribution in [-0.4, -0.2) is 16.9 Å². The zero-order valence-corrected chi connectivity index (χ0v) is 15.0. The van der Waals surface area contributed by atoms with Gasteiger partial charge >= 0.3 is 0 Å². The minimum atomic E-state index is -0.440. The lowest BCUT2D eigenvalue weighted by Gasteiger charge is -2.06. The van der Waals surface area contributed by atoms with Crippen molar-refractivity contribution in [3.05, 3.63) is 69.6 Å². The highest BCUT2D eigenvalue weighted by Crippen LogP contribution is 2.20. The summed E-state index contributed by atoms with van der Waals surface area (Å²) in [5, 5.41) is 4.49. The predicted molar refractivity (Wildman–Crippen MR) is 102 cm³/mol. The lowest BCUT2D eigenvalue weighted by atomic mass is 10.1. The van der Waals surface area contributed by atoms with Gasteiger partial charge in [0.05, 0.1) is 6.42 Å². The average molecular weight is 393 g/mol. The van der Waals surface area contributed by atoms with Gasteiger partial charge in [-0.1, -0.05) is 23.2 Å². The molecule has 1 heterocycles. The second-order valence-electron chi connectivity index (χ2n) is 5.70. The lowest BCUT2D eigenvalue weighted by molar-refractivity contribution is -0.117. The molecule has 0 unspecified atom stereocenters. The fourth-order valence-electron chi connectivity index (χ4n) is 2.58. The summed E-state index contributed by atoms with van der Waals surface area (Å²) < 4.78 is 13.4. The zero-order chi connectivity index (χ0) is 18.7. The standard InChI is InChI=1S/C18H15Cl2FN4O/c19-12-3-10(4-13(20)6-12)8-24-18(22)25-17(26)5-11-9-23-16-2-1-14(21)7-15(11)16/h1-4,6-7,9,23H,5,8H2,(H3,22,24,25,26). The molecule has 3 rings (SSSR count). The van der Waals surface area contributed by atoms with E-state index >= 15 is 0 Å². The number of nitrogens with two attached hydrogens (primary N) is 1. The molecule has 4 N–H and O–H groups in total. The first-order chi connectivity index (χ1) is 12.4. The second-order valence-corrected chi connectivity index (χ2v) is 6.58. The van der Waals surface area contributed by atoms with Crippen LogP contribution in [0.2, 0.25) is 10.0 Å². The maximum absolute atomic E-state index is 13.4. The highest BCUT2D eigenvalue weighted by atomic mass is 35.5. The molecule has 8 heteroatoms. The van der Waals surface area contributed by atoms with Crippen LogP contribution in [0.1, 0.15) is 11.1 Å². The Morgan fingerprint density at radius 3 is 2.65 bits per heavy atom. The number of carbonyl (C=O) groups is 1. The van der Waals surface area contributed by atoms with Crippen LogP contribution in [0, 0.1) is 5.82 Å². The van der Waals surface area contributed by atoms with Crippen LogP contribution in [-0.2, 0) is 17.8 Å². The number of H-pyrrole nitrogens is 1. The first-order valence-electron chi connectivity index (χ1n) is 7.72. The van der Waals surface area contributed by atoms with E-state index < -0.39 is 5.91 Å². The molecule has 2 aromatic carbocycles. The maximum Gasteiger partial charge on any atom is 0.253 e. The first kappa shape index (κ1) is 18.2. The van der Waals surface area contributed by atoms with Gasteiger partial charge in [-0.05, 0) is 47.5 Å². The van der Waals surface area contributed by atoms with E-state index in [1.54, 1.807) is 30.5 Å². The lowest BCUT2D eigenvalue weighted by Crippen LogP contribution is -2.32. The summed E-state index contributed by atoms with van der Waals surface area (Å²) in [5.41, 5.74) is 7.96. The molecular formula is C18H15Cl2FN4O. The van der Waals surface area contributed by atoms with Gasteiger partial charge in [-0.2, -0.15) is 4.99 Å². The van der Waals surface area contributed by atoms with Crippen LogP contribution < -0.4 is 11.1 Å². The molecule has 0 saturated carbocycles. The quantitative estimate of drug-likeness (QED) is 0.466. The number of amides is 1. The molecule has 0 aliphatic heterocycles. The smallest absolute Gasteiger partial charge is 0.253 e. The summed E-state index contributed by atoms with van der Waals surface area (Å²) >= 11 is 11.9. The number of halogens is 3. The maximum atomic E-state index is 13.4. The Balaban J connectivity index is 1.64. The van der Waals surface area contributed by atoms with E-state index in [4.69, 9.17) is 28.9 Å². The Labute approximate surface area is 159 Å². The molecule has 0 atom stereocenters. The number of carbonyl (C=O) groups excluding carboxylic acids is 1. The summed E-state index contributed by atoms with van der Waals surface area (Å²) in [4.78, 5) is 18.9. The van der Waals surface area contributed by atoms with Gasteiger partial charge in [-0.25, -0.2) is 4.39 Å². The van der Waals surface area contributed by atoms with Crippen molar-refractivity contribution in [3.8, 4) is 0 Å². The molecule has 0 spiro atoms. The number of aliphatic imine (C=N–C) groups is 1. The van der Waals surface area contributed by atoms with Crippen LogP contribution in [0.25, 0.3) is 10.9 Å². The number of aromatic nitrogens is 1. The summed E-state index contributed by atoms with van der Waals surface area (Å²) in [7, 11) is 0. The molecule has 0 aliphatic rings. The van der Waals surface area contributed by atoms with Gasteiger partial charge in [0.1, 0.15) is 5.82 Å². The third kappa shape index (κ3) is 4.53.